The zero-order valence-corrected chi connectivity index (χ0v) is 28.0. The number of hydrogen-bond acceptors (Lipinski definition) is 6. The van der Waals surface area contributed by atoms with Crippen molar-refractivity contribution < 1.29 is 24.5 Å². The van der Waals surface area contributed by atoms with E-state index in [2.05, 4.69) is 24.0 Å². The summed E-state index contributed by atoms with van der Waals surface area (Å²) >= 11 is 0. The van der Waals surface area contributed by atoms with E-state index in [0.29, 0.717) is 30.8 Å². The van der Waals surface area contributed by atoms with Gasteiger partial charge >= 0.3 is 5.97 Å². The van der Waals surface area contributed by atoms with E-state index in [9.17, 15) is 15.0 Å². The average Bonchev–Trinajstić information content (AvgIpc) is 3.38. The van der Waals surface area contributed by atoms with Crippen LogP contribution in [0.25, 0.3) is 0 Å². The number of carbonyl (C=O) groups is 1. The van der Waals surface area contributed by atoms with Gasteiger partial charge in [-0.25, -0.2) is 0 Å². The van der Waals surface area contributed by atoms with Crippen LogP contribution in [0.3, 0.4) is 0 Å². The number of aryl methyl sites for hydroxylation is 1. The highest BCUT2D eigenvalue weighted by Gasteiger charge is 2.69. The lowest BCUT2D eigenvalue weighted by atomic mass is 9.54. The first-order chi connectivity index (χ1) is 21.3. The number of fused-ring (bicyclic) bond motifs is 1. The monoisotopic (exact) mass is 609 g/mol. The fraction of sp³-hybridized carbons (Fsp3) is 0.711. The Bertz CT molecular complexity index is 1140. The number of aromatic hydroxyl groups is 1. The van der Waals surface area contributed by atoms with Gasteiger partial charge in [-0.1, -0.05) is 89.4 Å². The number of allylic oxidation sites excluding steroid dienone is 2. The van der Waals surface area contributed by atoms with Crippen LogP contribution in [0.5, 0.6) is 11.5 Å². The van der Waals surface area contributed by atoms with Gasteiger partial charge in [0.25, 0.3) is 0 Å². The quantitative estimate of drug-likeness (QED) is 0.0984. The summed E-state index contributed by atoms with van der Waals surface area (Å²) in [4.78, 5) is 15.2. The number of rotatable bonds is 18. The summed E-state index contributed by atoms with van der Waals surface area (Å²) in [7, 11) is 2.03. The van der Waals surface area contributed by atoms with E-state index in [0.717, 1.165) is 36.9 Å². The Kier molecular flexibility index (Phi) is 12.8. The van der Waals surface area contributed by atoms with Crippen LogP contribution in [-0.4, -0.2) is 52.4 Å². The number of unbranched alkanes of at least 4 members (excludes halogenated alkanes) is 13. The van der Waals surface area contributed by atoms with Crippen molar-refractivity contribution >= 4 is 5.97 Å². The lowest BCUT2D eigenvalue weighted by molar-refractivity contribution is -0.162. The fourth-order valence-corrected chi connectivity index (χ4v) is 7.88. The molecule has 2 N–H and O–H groups in total. The number of ether oxygens (including phenoxy) is 2. The molecule has 4 atom stereocenters. The van der Waals surface area contributed by atoms with Crippen molar-refractivity contribution in [1.29, 1.82) is 0 Å². The summed E-state index contributed by atoms with van der Waals surface area (Å²) in [6.45, 7) is 7.09. The molecule has 1 aromatic carbocycles. The Hall–Kier alpha value is -2.31. The number of piperidine rings is 1. The van der Waals surface area contributed by atoms with Crippen LogP contribution in [0.1, 0.15) is 141 Å². The number of hydrogen-bond donors (Lipinski definition) is 2. The first-order valence-electron chi connectivity index (χ1n) is 17.7. The van der Waals surface area contributed by atoms with E-state index in [1.54, 1.807) is 6.07 Å². The summed E-state index contributed by atoms with van der Waals surface area (Å²) in [5.41, 5.74) is -0.0712. The SMILES string of the molecule is CCCCCCCC/C=C\CCCCCCCCCC(=O)OC1=CC[C@@]2(O)[C@@H](C)N(C)CC[C@@]23c2c(C)ccc(O)c2O[C@@H]13. The van der Waals surface area contributed by atoms with Gasteiger partial charge in [-0.15, -0.1) is 0 Å². The smallest absolute Gasteiger partial charge is 0.310 e. The van der Waals surface area contributed by atoms with E-state index in [4.69, 9.17) is 9.47 Å². The first-order valence-corrected chi connectivity index (χ1v) is 17.7. The average molecular weight is 610 g/mol. The molecule has 4 rings (SSSR count). The molecule has 0 saturated carbocycles. The second-order valence-electron chi connectivity index (χ2n) is 13.7. The summed E-state index contributed by atoms with van der Waals surface area (Å²) < 4.78 is 12.4. The standard InChI is InChI=1S/C38H59NO5/c1-5-6-7-8-9-10-11-12-13-14-15-16-17-18-19-20-21-22-33(41)43-32-25-26-38(42)30(3)39(4)28-27-37(38)34-29(2)23-24-31(40)35(34)44-36(32)37/h12-13,23-25,30,36,40,42H,5-11,14-22,26-28H2,1-4H3/b13-12-/t30-,36+,37+,38-/m1/s1. The van der Waals surface area contributed by atoms with Crippen molar-refractivity contribution in [1.82, 2.24) is 4.90 Å². The number of carbonyl (C=O) groups excluding carboxylic acids is 1. The topological polar surface area (TPSA) is 79.2 Å². The van der Waals surface area contributed by atoms with Crippen LogP contribution in [0.15, 0.2) is 36.1 Å². The number of likely N-dealkylation sites (tertiary alicyclic amines) is 1. The van der Waals surface area contributed by atoms with Crippen molar-refractivity contribution in [3.63, 3.8) is 0 Å². The van der Waals surface area contributed by atoms with Crippen LogP contribution in [-0.2, 0) is 14.9 Å². The van der Waals surface area contributed by atoms with Gasteiger partial charge in [0.05, 0.1) is 11.0 Å². The molecule has 0 aromatic heterocycles. The molecule has 2 aliphatic heterocycles. The van der Waals surface area contributed by atoms with Gasteiger partial charge in [-0.3, -0.25) is 4.79 Å². The maximum atomic E-state index is 13.0. The number of phenols is 1. The molecule has 1 aromatic rings. The van der Waals surface area contributed by atoms with Crippen LogP contribution in [0.2, 0.25) is 0 Å². The fourth-order valence-electron chi connectivity index (χ4n) is 7.88. The molecule has 6 heteroatoms. The van der Waals surface area contributed by atoms with E-state index in [-0.39, 0.29) is 17.8 Å². The molecule has 1 aliphatic carbocycles. The third-order valence-corrected chi connectivity index (χ3v) is 10.7. The lowest BCUT2D eigenvalue weighted by Gasteiger charge is -2.58. The number of aliphatic hydroxyl groups is 1. The third-order valence-electron chi connectivity index (χ3n) is 10.7. The summed E-state index contributed by atoms with van der Waals surface area (Å²) in [5.74, 6) is 0.714. The minimum Gasteiger partial charge on any atom is -0.504 e. The van der Waals surface area contributed by atoms with Crippen molar-refractivity contribution in [2.24, 2.45) is 0 Å². The van der Waals surface area contributed by atoms with Crippen LogP contribution in [0, 0.1) is 6.92 Å². The van der Waals surface area contributed by atoms with E-state index < -0.39 is 17.1 Å². The normalized spacial score (nSPS) is 26.2. The Morgan fingerprint density at radius 2 is 1.61 bits per heavy atom. The molecule has 1 spiro atoms. The van der Waals surface area contributed by atoms with Gasteiger partial charge in [0.15, 0.2) is 17.6 Å². The molecule has 44 heavy (non-hydrogen) atoms. The third kappa shape index (κ3) is 7.55. The maximum Gasteiger partial charge on any atom is 0.310 e. The molecule has 246 valence electrons. The van der Waals surface area contributed by atoms with Gasteiger partial charge < -0.3 is 24.6 Å². The summed E-state index contributed by atoms with van der Waals surface area (Å²) in [5, 5.41) is 23.0. The molecular weight excluding hydrogens is 550 g/mol. The highest BCUT2D eigenvalue weighted by molar-refractivity contribution is 5.71. The van der Waals surface area contributed by atoms with Crippen molar-refractivity contribution in [3.05, 3.63) is 47.2 Å². The Morgan fingerprint density at radius 1 is 1.00 bits per heavy atom. The van der Waals surface area contributed by atoms with E-state index in [1.165, 1.54) is 77.0 Å². The number of nitrogens with zero attached hydrogens (tertiary/aromatic N) is 1. The van der Waals surface area contributed by atoms with Gasteiger partial charge in [0.2, 0.25) is 0 Å². The summed E-state index contributed by atoms with van der Waals surface area (Å²) in [6, 6.07) is 3.40. The molecular formula is C38H59NO5. The maximum absolute atomic E-state index is 13.0. The van der Waals surface area contributed by atoms with Crippen LogP contribution in [0.4, 0.5) is 0 Å². The number of benzene rings is 1. The molecule has 0 unspecified atom stereocenters. The van der Waals surface area contributed by atoms with Crippen LogP contribution < -0.4 is 4.74 Å². The predicted octanol–water partition coefficient (Wildman–Crippen LogP) is 8.80. The summed E-state index contributed by atoms with van der Waals surface area (Å²) in [6.07, 6.45) is 26.0. The number of esters is 1. The molecule has 1 saturated heterocycles. The molecule has 2 heterocycles. The minimum absolute atomic E-state index is 0.0638. The van der Waals surface area contributed by atoms with Gasteiger partial charge in [-0.2, -0.15) is 0 Å². The molecule has 1 fully saturated rings. The minimum atomic E-state index is -1.12. The molecule has 6 nitrogen and oxygen atoms in total. The molecule has 0 bridgehead atoms. The number of phenolic OH excluding ortho intramolecular Hbond substituents is 1. The largest absolute Gasteiger partial charge is 0.504 e. The molecule has 0 amide bonds. The van der Waals surface area contributed by atoms with Crippen molar-refractivity contribution in [2.45, 2.75) is 160 Å². The second-order valence-corrected chi connectivity index (χ2v) is 13.7. The second kappa shape index (κ2) is 16.3. The van der Waals surface area contributed by atoms with Crippen LogP contribution >= 0.6 is 0 Å². The highest BCUT2D eigenvalue weighted by Crippen LogP contribution is 2.62. The first kappa shape index (κ1) is 34.6. The highest BCUT2D eigenvalue weighted by atomic mass is 16.6. The zero-order valence-electron chi connectivity index (χ0n) is 28.0. The Labute approximate surface area is 266 Å². The predicted molar refractivity (Wildman–Crippen MR) is 178 cm³/mol. The van der Waals surface area contributed by atoms with Gasteiger partial charge in [0.1, 0.15) is 5.76 Å². The molecule has 0 radical (unpaired) electrons. The Balaban J connectivity index is 1.17. The van der Waals surface area contributed by atoms with Gasteiger partial charge in [0, 0.05) is 24.4 Å². The van der Waals surface area contributed by atoms with E-state index >= 15 is 0 Å². The number of likely N-dealkylation sites (N-methyl/N-ethyl adjacent to an activating group) is 1. The Morgan fingerprint density at radius 3 is 2.27 bits per heavy atom. The lowest BCUT2D eigenvalue weighted by Crippen LogP contribution is -2.71. The van der Waals surface area contributed by atoms with E-state index in [1.807, 2.05) is 33.0 Å². The van der Waals surface area contributed by atoms with Crippen molar-refractivity contribution in [2.75, 3.05) is 13.6 Å². The molecule has 3 aliphatic rings. The zero-order chi connectivity index (χ0) is 31.6. The van der Waals surface area contributed by atoms with Crippen molar-refractivity contribution in [3.8, 4) is 11.5 Å². The van der Waals surface area contributed by atoms with Gasteiger partial charge in [-0.05, 0) is 83.7 Å².